The number of nitrogens with one attached hydrogen (secondary N) is 1. The summed E-state index contributed by atoms with van der Waals surface area (Å²) >= 11 is 1.59. The first-order chi connectivity index (χ1) is 14.3. The van der Waals surface area contributed by atoms with Crippen molar-refractivity contribution in [3.05, 3.63) is 60.5 Å². The minimum atomic E-state index is 0.668. The molecule has 0 aliphatic rings. The average Bonchev–Trinajstić information content (AvgIpc) is 3.52. The number of hydrogen-bond donors (Lipinski definition) is 1. The van der Waals surface area contributed by atoms with Gasteiger partial charge in [-0.05, 0) is 30.3 Å². The number of rotatable bonds is 5. The van der Waals surface area contributed by atoms with Gasteiger partial charge in [-0.25, -0.2) is 9.97 Å². The number of nitrogens with zero attached hydrogens (tertiary/aromatic N) is 4. The van der Waals surface area contributed by atoms with Crippen LogP contribution in [-0.4, -0.2) is 38.8 Å². The van der Waals surface area contributed by atoms with E-state index in [1.54, 1.807) is 31.8 Å². The third-order valence-electron chi connectivity index (χ3n) is 4.78. The average molecular weight is 403 g/mol. The summed E-state index contributed by atoms with van der Waals surface area (Å²) in [7, 11) is 3.25. The van der Waals surface area contributed by atoms with Gasteiger partial charge in [-0.15, -0.1) is 11.3 Å². The molecule has 0 radical (unpaired) electrons. The zero-order chi connectivity index (χ0) is 19.8. The summed E-state index contributed by atoms with van der Waals surface area (Å²) in [5, 5.41) is 10.3. The van der Waals surface area contributed by atoms with Gasteiger partial charge in [-0.1, -0.05) is 0 Å². The number of pyridine rings is 1. The first-order valence-corrected chi connectivity index (χ1v) is 9.79. The Labute approximate surface area is 170 Å². The van der Waals surface area contributed by atoms with Crippen LogP contribution in [0.25, 0.3) is 38.7 Å². The minimum Gasteiger partial charge on any atom is -0.493 e. The second kappa shape index (κ2) is 7.06. The molecule has 7 nitrogen and oxygen atoms in total. The number of thiazole rings is 1. The maximum absolute atomic E-state index is 5.45. The predicted molar refractivity (Wildman–Crippen MR) is 112 cm³/mol. The SMILES string of the molecule is COc1ccc(-c2[nH]ncc2-c2ccc3ncc(-c4nccs4)n3c2)cc1OC. The van der Waals surface area contributed by atoms with Crippen molar-refractivity contribution in [3.8, 4) is 44.6 Å². The number of fused-ring (bicyclic) bond motifs is 1. The summed E-state index contributed by atoms with van der Waals surface area (Å²) in [6, 6.07) is 9.85. The van der Waals surface area contributed by atoms with Crippen molar-refractivity contribution in [2.75, 3.05) is 14.2 Å². The van der Waals surface area contributed by atoms with Crippen LogP contribution in [0.15, 0.2) is 60.5 Å². The van der Waals surface area contributed by atoms with E-state index in [1.165, 1.54) is 0 Å². The molecular weight excluding hydrogens is 386 g/mol. The molecule has 1 aromatic carbocycles. The number of aromatic amines is 1. The van der Waals surface area contributed by atoms with E-state index >= 15 is 0 Å². The third kappa shape index (κ3) is 2.94. The first-order valence-electron chi connectivity index (χ1n) is 8.91. The quantitative estimate of drug-likeness (QED) is 0.466. The maximum Gasteiger partial charge on any atom is 0.161 e. The number of hydrogen-bond acceptors (Lipinski definition) is 6. The van der Waals surface area contributed by atoms with Gasteiger partial charge in [-0.2, -0.15) is 5.10 Å². The van der Waals surface area contributed by atoms with E-state index in [2.05, 4.69) is 30.8 Å². The standard InChI is InChI=1S/C21H17N5O2S/c1-27-17-5-3-13(9-18(17)28-2)20-15(10-24-25-20)14-4-6-19-23-11-16(26(19)12-14)21-22-7-8-29-21/h3-12H,1-2H3,(H,24,25). The molecule has 0 saturated carbocycles. The highest BCUT2D eigenvalue weighted by Crippen LogP contribution is 2.36. The fourth-order valence-electron chi connectivity index (χ4n) is 3.36. The molecule has 0 atom stereocenters. The van der Waals surface area contributed by atoms with E-state index in [0.29, 0.717) is 11.5 Å². The van der Waals surface area contributed by atoms with E-state index in [0.717, 1.165) is 38.7 Å². The van der Waals surface area contributed by atoms with Gasteiger partial charge in [-0.3, -0.25) is 9.50 Å². The Morgan fingerprint density at radius 3 is 2.62 bits per heavy atom. The van der Waals surface area contributed by atoms with Crippen molar-refractivity contribution >= 4 is 17.0 Å². The monoisotopic (exact) mass is 403 g/mol. The maximum atomic E-state index is 5.45. The highest BCUT2D eigenvalue weighted by Gasteiger charge is 2.15. The molecule has 8 heteroatoms. The fourth-order valence-corrected chi connectivity index (χ4v) is 4.01. The molecular formula is C21H17N5O2S. The molecule has 5 aromatic rings. The van der Waals surface area contributed by atoms with Crippen molar-refractivity contribution in [1.29, 1.82) is 0 Å². The van der Waals surface area contributed by atoms with Crippen LogP contribution in [0, 0.1) is 0 Å². The van der Waals surface area contributed by atoms with Crippen LogP contribution >= 0.6 is 11.3 Å². The van der Waals surface area contributed by atoms with Crippen LogP contribution in [0.4, 0.5) is 0 Å². The minimum absolute atomic E-state index is 0.668. The smallest absolute Gasteiger partial charge is 0.161 e. The molecule has 144 valence electrons. The second-order valence-electron chi connectivity index (χ2n) is 6.36. The molecule has 29 heavy (non-hydrogen) atoms. The lowest BCUT2D eigenvalue weighted by molar-refractivity contribution is 0.355. The third-order valence-corrected chi connectivity index (χ3v) is 5.58. The molecule has 0 aliphatic heterocycles. The zero-order valence-electron chi connectivity index (χ0n) is 15.8. The Morgan fingerprint density at radius 1 is 0.966 bits per heavy atom. The number of benzene rings is 1. The lowest BCUT2D eigenvalue weighted by atomic mass is 10.0. The Hall–Kier alpha value is -3.65. The number of ether oxygens (including phenoxy) is 2. The molecule has 0 unspecified atom stereocenters. The van der Waals surface area contributed by atoms with Gasteiger partial charge in [0.2, 0.25) is 0 Å². The van der Waals surface area contributed by atoms with Crippen LogP contribution in [0.3, 0.4) is 0 Å². The summed E-state index contributed by atoms with van der Waals surface area (Å²) in [5.41, 5.74) is 5.70. The highest BCUT2D eigenvalue weighted by atomic mass is 32.1. The summed E-state index contributed by atoms with van der Waals surface area (Å²) < 4.78 is 12.8. The fraction of sp³-hybridized carbons (Fsp3) is 0.0952. The second-order valence-corrected chi connectivity index (χ2v) is 7.25. The zero-order valence-corrected chi connectivity index (χ0v) is 16.6. The molecule has 0 saturated heterocycles. The van der Waals surface area contributed by atoms with Crippen LogP contribution in [0.2, 0.25) is 0 Å². The van der Waals surface area contributed by atoms with Gasteiger partial charge in [0.15, 0.2) is 11.5 Å². The van der Waals surface area contributed by atoms with E-state index in [9.17, 15) is 0 Å². The van der Waals surface area contributed by atoms with Gasteiger partial charge in [0.1, 0.15) is 16.3 Å². The molecule has 0 fully saturated rings. The highest BCUT2D eigenvalue weighted by molar-refractivity contribution is 7.13. The number of H-pyrrole nitrogens is 1. The molecule has 1 N–H and O–H groups in total. The lowest BCUT2D eigenvalue weighted by Gasteiger charge is -2.10. The van der Waals surface area contributed by atoms with E-state index in [1.807, 2.05) is 48.1 Å². The molecule has 4 aromatic heterocycles. The van der Waals surface area contributed by atoms with Crippen LogP contribution in [-0.2, 0) is 0 Å². The predicted octanol–water partition coefficient (Wildman–Crippen LogP) is 4.53. The van der Waals surface area contributed by atoms with Crippen molar-refractivity contribution in [3.63, 3.8) is 0 Å². The molecule has 0 aliphatic carbocycles. The van der Waals surface area contributed by atoms with Gasteiger partial charge in [0.05, 0.1) is 32.3 Å². The van der Waals surface area contributed by atoms with Gasteiger partial charge in [0.25, 0.3) is 0 Å². The topological polar surface area (TPSA) is 77.3 Å². The Bertz CT molecular complexity index is 1290. The van der Waals surface area contributed by atoms with Crippen molar-refractivity contribution < 1.29 is 9.47 Å². The number of imidazole rings is 1. The van der Waals surface area contributed by atoms with Crippen LogP contribution in [0.1, 0.15) is 0 Å². The molecule has 0 bridgehead atoms. The molecule has 0 spiro atoms. The van der Waals surface area contributed by atoms with Crippen molar-refractivity contribution in [2.45, 2.75) is 0 Å². The largest absolute Gasteiger partial charge is 0.493 e. The molecule has 5 rings (SSSR count). The summed E-state index contributed by atoms with van der Waals surface area (Å²) in [4.78, 5) is 8.91. The van der Waals surface area contributed by atoms with Gasteiger partial charge < -0.3 is 9.47 Å². The van der Waals surface area contributed by atoms with E-state index in [4.69, 9.17) is 9.47 Å². The van der Waals surface area contributed by atoms with Crippen molar-refractivity contribution in [1.82, 2.24) is 24.6 Å². The number of aromatic nitrogens is 5. The lowest BCUT2D eigenvalue weighted by Crippen LogP contribution is -1.92. The number of methoxy groups -OCH3 is 2. The van der Waals surface area contributed by atoms with Crippen LogP contribution in [0.5, 0.6) is 11.5 Å². The summed E-state index contributed by atoms with van der Waals surface area (Å²) in [6.45, 7) is 0. The molecule has 0 amide bonds. The van der Waals surface area contributed by atoms with E-state index in [-0.39, 0.29) is 0 Å². The first kappa shape index (κ1) is 17.4. The van der Waals surface area contributed by atoms with E-state index < -0.39 is 0 Å². The van der Waals surface area contributed by atoms with Crippen LogP contribution < -0.4 is 9.47 Å². The Balaban J connectivity index is 1.62. The van der Waals surface area contributed by atoms with Crippen molar-refractivity contribution in [2.24, 2.45) is 0 Å². The van der Waals surface area contributed by atoms with Gasteiger partial charge >= 0.3 is 0 Å². The van der Waals surface area contributed by atoms with Gasteiger partial charge in [0, 0.05) is 34.5 Å². The Kier molecular flexibility index (Phi) is 4.25. The Morgan fingerprint density at radius 2 is 1.83 bits per heavy atom. The molecule has 4 heterocycles. The summed E-state index contributed by atoms with van der Waals surface area (Å²) in [5.74, 6) is 1.35. The summed E-state index contributed by atoms with van der Waals surface area (Å²) in [6.07, 6.45) is 7.54. The normalized spacial score (nSPS) is 11.1.